The first-order valence-electron chi connectivity index (χ1n) is 8.42. The van der Waals surface area contributed by atoms with Gasteiger partial charge in [-0.3, -0.25) is 0 Å². The van der Waals surface area contributed by atoms with E-state index in [1.54, 1.807) is 0 Å². The maximum Gasteiger partial charge on any atom is 0.0987 e. The molecule has 0 bridgehead atoms. The number of hydrogen-bond donors (Lipinski definition) is 0. The Labute approximate surface area is 119 Å². The van der Waals surface area contributed by atoms with Gasteiger partial charge in [0.15, 0.2) is 0 Å². The summed E-state index contributed by atoms with van der Waals surface area (Å²) in [7, 11) is 0. The molecule has 1 nitrogen and oxygen atoms in total. The zero-order valence-corrected chi connectivity index (χ0v) is 13.2. The summed E-state index contributed by atoms with van der Waals surface area (Å²) in [6.07, 6.45) is 11.2. The van der Waals surface area contributed by atoms with Gasteiger partial charge in [-0.1, -0.05) is 40.2 Å². The highest BCUT2D eigenvalue weighted by Crippen LogP contribution is 2.42. The maximum absolute atomic E-state index is 6.06. The van der Waals surface area contributed by atoms with Gasteiger partial charge in [0.25, 0.3) is 0 Å². The first-order chi connectivity index (χ1) is 9.08. The summed E-state index contributed by atoms with van der Waals surface area (Å²) in [5.41, 5.74) is 0. The number of ether oxygens (including phenoxy) is 1. The van der Waals surface area contributed by atoms with E-state index in [-0.39, 0.29) is 0 Å². The summed E-state index contributed by atoms with van der Waals surface area (Å²) >= 11 is 0. The zero-order chi connectivity index (χ0) is 13.8. The number of allylic oxidation sites excluding steroid dienone is 1. The molecule has 0 amide bonds. The fourth-order valence-corrected chi connectivity index (χ4v) is 4.15. The lowest BCUT2D eigenvalue weighted by Crippen LogP contribution is -2.32. The smallest absolute Gasteiger partial charge is 0.0987 e. The van der Waals surface area contributed by atoms with Crippen molar-refractivity contribution in [1.29, 1.82) is 0 Å². The molecule has 0 heterocycles. The van der Waals surface area contributed by atoms with E-state index < -0.39 is 0 Å². The van der Waals surface area contributed by atoms with Gasteiger partial charge in [0.1, 0.15) is 0 Å². The third kappa shape index (κ3) is 4.26. The minimum Gasteiger partial charge on any atom is -0.495 e. The van der Waals surface area contributed by atoms with Gasteiger partial charge < -0.3 is 4.74 Å². The molecule has 2 aliphatic rings. The van der Waals surface area contributed by atoms with Crippen LogP contribution in [0.4, 0.5) is 0 Å². The summed E-state index contributed by atoms with van der Waals surface area (Å²) in [4.78, 5) is 0. The van der Waals surface area contributed by atoms with Crippen molar-refractivity contribution in [3.8, 4) is 0 Å². The highest BCUT2D eigenvalue weighted by atomic mass is 16.5. The van der Waals surface area contributed by atoms with Crippen LogP contribution in [-0.4, -0.2) is 6.10 Å². The number of rotatable bonds is 4. The molecule has 0 aromatic heterocycles. The normalized spacial score (nSPS) is 39.8. The maximum atomic E-state index is 6.06. The van der Waals surface area contributed by atoms with Crippen LogP contribution in [0.2, 0.25) is 0 Å². The van der Waals surface area contributed by atoms with Crippen LogP contribution in [-0.2, 0) is 4.74 Å². The Morgan fingerprint density at radius 3 is 2.26 bits per heavy atom. The lowest BCUT2D eigenvalue weighted by atomic mass is 9.68. The molecule has 0 spiro atoms. The molecule has 1 heteroatoms. The minimum absolute atomic E-state index is 0.445. The fourth-order valence-electron chi connectivity index (χ4n) is 4.15. The SMILES string of the molecule is C=C(CC)OC1CC(C)CC(C2CCC(C)CC2)C1. The molecule has 2 rings (SSSR count). The van der Waals surface area contributed by atoms with Crippen LogP contribution in [0.25, 0.3) is 0 Å². The average Bonchev–Trinajstić information content (AvgIpc) is 2.38. The molecule has 0 saturated heterocycles. The summed E-state index contributed by atoms with van der Waals surface area (Å²) < 4.78 is 6.06. The molecule has 19 heavy (non-hydrogen) atoms. The largest absolute Gasteiger partial charge is 0.495 e. The first kappa shape index (κ1) is 14.9. The second-order valence-corrected chi connectivity index (χ2v) is 7.22. The lowest BCUT2D eigenvalue weighted by Gasteiger charge is -2.40. The Morgan fingerprint density at radius 2 is 1.63 bits per heavy atom. The van der Waals surface area contributed by atoms with Crippen molar-refractivity contribution in [3.05, 3.63) is 12.3 Å². The van der Waals surface area contributed by atoms with Gasteiger partial charge in [-0.05, 0) is 55.8 Å². The summed E-state index contributed by atoms with van der Waals surface area (Å²) in [5.74, 6) is 4.65. The van der Waals surface area contributed by atoms with E-state index in [2.05, 4.69) is 27.4 Å². The standard InChI is InChI=1S/C18H32O/c1-5-15(4)19-18-11-14(3)10-17(12-18)16-8-6-13(2)7-9-16/h13-14,16-18H,4-12H2,1-3H3. The minimum atomic E-state index is 0.445. The second-order valence-electron chi connectivity index (χ2n) is 7.22. The number of hydrogen-bond acceptors (Lipinski definition) is 1. The highest BCUT2D eigenvalue weighted by Gasteiger charge is 2.34. The van der Waals surface area contributed by atoms with Crippen LogP contribution in [0.1, 0.15) is 72.1 Å². The molecule has 3 unspecified atom stereocenters. The first-order valence-corrected chi connectivity index (χ1v) is 8.42. The van der Waals surface area contributed by atoms with Crippen molar-refractivity contribution >= 4 is 0 Å². The Balaban J connectivity index is 1.88. The van der Waals surface area contributed by atoms with Crippen molar-refractivity contribution in [2.45, 2.75) is 78.2 Å². The predicted octanol–water partition coefficient (Wildman–Crippen LogP) is 5.56. The molecular formula is C18H32O. The Kier molecular flexibility index (Phi) is 5.36. The molecule has 2 aliphatic carbocycles. The van der Waals surface area contributed by atoms with Gasteiger partial charge in [-0.2, -0.15) is 0 Å². The van der Waals surface area contributed by atoms with Crippen LogP contribution in [0.3, 0.4) is 0 Å². The van der Waals surface area contributed by atoms with E-state index in [1.165, 1.54) is 44.9 Å². The van der Waals surface area contributed by atoms with Gasteiger partial charge in [0, 0.05) is 6.42 Å². The third-order valence-electron chi connectivity index (χ3n) is 5.39. The summed E-state index contributed by atoms with van der Waals surface area (Å²) in [5, 5.41) is 0. The molecule has 0 aromatic rings. The molecule has 110 valence electrons. The quantitative estimate of drug-likeness (QED) is 0.604. The highest BCUT2D eigenvalue weighted by molar-refractivity contribution is 4.88. The van der Waals surface area contributed by atoms with Gasteiger partial charge in [0.05, 0.1) is 11.9 Å². The van der Waals surface area contributed by atoms with E-state index >= 15 is 0 Å². The van der Waals surface area contributed by atoms with Crippen LogP contribution >= 0.6 is 0 Å². The Morgan fingerprint density at radius 1 is 0.947 bits per heavy atom. The van der Waals surface area contributed by atoms with E-state index in [4.69, 9.17) is 4.74 Å². The van der Waals surface area contributed by atoms with Crippen molar-refractivity contribution < 1.29 is 4.74 Å². The molecule has 2 saturated carbocycles. The van der Waals surface area contributed by atoms with Crippen LogP contribution < -0.4 is 0 Å². The van der Waals surface area contributed by atoms with Crippen LogP contribution in [0.5, 0.6) is 0 Å². The third-order valence-corrected chi connectivity index (χ3v) is 5.39. The summed E-state index contributed by atoms with van der Waals surface area (Å²) in [6.45, 7) is 11.0. The Bertz CT molecular complexity index is 288. The van der Waals surface area contributed by atoms with Crippen molar-refractivity contribution in [3.63, 3.8) is 0 Å². The van der Waals surface area contributed by atoms with E-state index in [1.807, 2.05) is 0 Å². The van der Waals surface area contributed by atoms with E-state index in [9.17, 15) is 0 Å². The predicted molar refractivity (Wildman–Crippen MR) is 81.9 cm³/mol. The van der Waals surface area contributed by atoms with Gasteiger partial charge in [-0.25, -0.2) is 0 Å². The van der Waals surface area contributed by atoms with Crippen LogP contribution in [0.15, 0.2) is 12.3 Å². The molecule has 3 atom stereocenters. The Hall–Kier alpha value is -0.460. The molecule has 0 radical (unpaired) electrons. The molecule has 0 N–H and O–H groups in total. The molecular weight excluding hydrogens is 232 g/mol. The topological polar surface area (TPSA) is 9.23 Å². The zero-order valence-electron chi connectivity index (χ0n) is 13.2. The molecule has 0 aromatic carbocycles. The van der Waals surface area contributed by atoms with Crippen molar-refractivity contribution in [1.82, 2.24) is 0 Å². The molecule has 0 aliphatic heterocycles. The average molecular weight is 264 g/mol. The summed E-state index contributed by atoms with van der Waals surface area (Å²) in [6, 6.07) is 0. The van der Waals surface area contributed by atoms with Gasteiger partial charge >= 0.3 is 0 Å². The fraction of sp³-hybridized carbons (Fsp3) is 0.889. The van der Waals surface area contributed by atoms with Gasteiger partial charge in [-0.15, -0.1) is 0 Å². The molecule has 2 fully saturated rings. The van der Waals surface area contributed by atoms with Gasteiger partial charge in [0.2, 0.25) is 0 Å². The van der Waals surface area contributed by atoms with Crippen molar-refractivity contribution in [2.24, 2.45) is 23.7 Å². The van der Waals surface area contributed by atoms with E-state index in [0.29, 0.717) is 6.10 Å². The lowest BCUT2D eigenvalue weighted by molar-refractivity contribution is 0.0160. The monoisotopic (exact) mass is 264 g/mol. The second kappa shape index (κ2) is 6.81. The van der Waals surface area contributed by atoms with Crippen LogP contribution in [0, 0.1) is 23.7 Å². The van der Waals surface area contributed by atoms with E-state index in [0.717, 1.165) is 35.9 Å². The van der Waals surface area contributed by atoms with Crippen molar-refractivity contribution in [2.75, 3.05) is 0 Å².